The number of nitrogens with two attached hydrogens (primary N) is 1. The Bertz CT molecular complexity index is 368. The molecule has 4 nitrogen and oxygen atoms in total. The second-order valence-electron chi connectivity index (χ2n) is 6.67. The largest absolute Gasteiger partial charge is 0.342 e. The molecular weight excluding hydrogens is 250 g/mol. The Morgan fingerprint density at radius 1 is 1.10 bits per heavy atom. The third-order valence-electron chi connectivity index (χ3n) is 5.08. The van der Waals surface area contributed by atoms with Gasteiger partial charge < -0.3 is 15.5 Å². The second-order valence-corrected chi connectivity index (χ2v) is 6.67. The van der Waals surface area contributed by atoms with E-state index in [1.807, 2.05) is 12.2 Å². The van der Waals surface area contributed by atoms with Crippen LogP contribution >= 0.6 is 0 Å². The molecule has 4 heteroatoms. The maximum atomic E-state index is 12.4. The lowest BCUT2D eigenvalue weighted by Gasteiger charge is -2.35. The van der Waals surface area contributed by atoms with Gasteiger partial charge in [-0.2, -0.15) is 0 Å². The molecule has 2 unspecified atom stereocenters. The van der Waals surface area contributed by atoms with Crippen molar-refractivity contribution >= 4 is 5.91 Å². The number of carbonyl (C=O) groups excluding carboxylic acids is 1. The molecule has 3 aliphatic rings. The van der Waals surface area contributed by atoms with E-state index in [0.29, 0.717) is 5.91 Å². The van der Waals surface area contributed by atoms with Crippen molar-refractivity contribution in [1.29, 1.82) is 0 Å². The first-order chi connectivity index (χ1) is 9.72. The topological polar surface area (TPSA) is 49.6 Å². The molecule has 1 amide bonds. The average Bonchev–Trinajstić information content (AvgIpc) is 3.10. The highest BCUT2D eigenvalue weighted by Gasteiger charge is 2.30. The Morgan fingerprint density at radius 3 is 2.40 bits per heavy atom. The van der Waals surface area contributed by atoms with Crippen LogP contribution in [0.1, 0.15) is 32.1 Å². The van der Waals surface area contributed by atoms with Crippen LogP contribution in [0.15, 0.2) is 12.2 Å². The molecular formula is C16H27N3O. The summed E-state index contributed by atoms with van der Waals surface area (Å²) >= 11 is 0. The van der Waals surface area contributed by atoms with Crippen molar-refractivity contribution in [2.24, 2.45) is 17.6 Å². The standard InChI is InChI=1S/C16H27N3O/c17-15-4-3-14(11-15)16(20)19-9-5-13(6-10-19)12-18-7-1-2-8-18/h3-4,13-15H,1-2,5-12,17H2. The summed E-state index contributed by atoms with van der Waals surface area (Å²) in [6, 6.07) is 0.0802. The van der Waals surface area contributed by atoms with E-state index in [0.717, 1.165) is 25.4 Å². The van der Waals surface area contributed by atoms with Crippen LogP contribution in [0.4, 0.5) is 0 Å². The molecule has 2 fully saturated rings. The van der Waals surface area contributed by atoms with Gasteiger partial charge in [0.25, 0.3) is 0 Å². The number of hydrogen-bond donors (Lipinski definition) is 1. The van der Waals surface area contributed by atoms with Gasteiger partial charge in [0.15, 0.2) is 0 Å². The highest BCUT2D eigenvalue weighted by molar-refractivity contribution is 5.81. The van der Waals surface area contributed by atoms with Crippen LogP contribution in [0.3, 0.4) is 0 Å². The summed E-state index contributed by atoms with van der Waals surface area (Å²) in [4.78, 5) is 17.1. The Morgan fingerprint density at radius 2 is 1.80 bits per heavy atom. The number of amides is 1. The van der Waals surface area contributed by atoms with Crippen LogP contribution in [0, 0.1) is 11.8 Å². The van der Waals surface area contributed by atoms with E-state index < -0.39 is 0 Å². The normalized spacial score (nSPS) is 32.1. The molecule has 2 N–H and O–H groups in total. The molecule has 1 aliphatic carbocycles. The minimum absolute atomic E-state index is 0.0418. The SMILES string of the molecule is NC1C=CC(C(=O)N2CCC(CN3CCCC3)CC2)C1. The molecule has 20 heavy (non-hydrogen) atoms. The molecule has 112 valence electrons. The quantitative estimate of drug-likeness (QED) is 0.789. The van der Waals surface area contributed by atoms with Gasteiger partial charge in [0.2, 0.25) is 5.91 Å². The number of nitrogens with zero attached hydrogens (tertiary/aromatic N) is 2. The molecule has 2 aliphatic heterocycles. The molecule has 2 atom stereocenters. The van der Waals surface area contributed by atoms with Crippen LogP contribution in [0.5, 0.6) is 0 Å². The van der Waals surface area contributed by atoms with Crippen LogP contribution in [-0.4, -0.2) is 54.5 Å². The Hall–Kier alpha value is -0.870. The molecule has 0 radical (unpaired) electrons. The summed E-state index contributed by atoms with van der Waals surface area (Å²) in [7, 11) is 0. The smallest absolute Gasteiger partial charge is 0.229 e. The van der Waals surface area contributed by atoms with Crippen molar-refractivity contribution in [2.45, 2.75) is 38.1 Å². The molecule has 2 saturated heterocycles. The van der Waals surface area contributed by atoms with E-state index in [9.17, 15) is 4.79 Å². The van der Waals surface area contributed by atoms with Crippen LogP contribution in [-0.2, 0) is 4.79 Å². The van der Waals surface area contributed by atoms with Gasteiger partial charge in [-0.05, 0) is 51.1 Å². The Kier molecular flexibility index (Phi) is 4.41. The predicted molar refractivity (Wildman–Crippen MR) is 80.2 cm³/mol. The summed E-state index contributed by atoms with van der Waals surface area (Å²) in [5.74, 6) is 1.13. The van der Waals surface area contributed by atoms with Gasteiger partial charge in [-0.15, -0.1) is 0 Å². The maximum absolute atomic E-state index is 12.4. The van der Waals surface area contributed by atoms with Gasteiger partial charge in [0, 0.05) is 25.7 Å². The van der Waals surface area contributed by atoms with Crippen molar-refractivity contribution in [3.05, 3.63) is 12.2 Å². The van der Waals surface area contributed by atoms with Crippen molar-refractivity contribution in [2.75, 3.05) is 32.7 Å². The Balaban J connectivity index is 1.43. The number of likely N-dealkylation sites (tertiary alicyclic amines) is 2. The molecule has 0 aromatic rings. The lowest BCUT2D eigenvalue weighted by Crippen LogP contribution is -2.43. The van der Waals surface area contributed by atoms with E-state index in [1.54, 1.807) is 0 Å². The first-order valence-corrected chi connectivity index (χ1v) is 8.17. The molecule has 2 heterocycles. The summed E-state index contributed by atoms with van der Waals surface area (Å²) in [5, 5.41) is 0. The number of carbonyl (C=O) groups is 1. The number of piperidine rings is 1. The lowest BCUT2D eigenvalue weighted by molar-refractivity contribution is -0.135. The fourth-order valence-electron chi connectivity index (χ4n) is 3.81. The van der Waals surface area contributed by atoms with Gasteiger partial charge >= 0.3 is 0 Å². The molecule has 3 rings (SSSR count). The van der Waals surface area contributed by atoms with E-state index in [-0.39, 0.29) is 12.0 Å². The molecule has 0 aromatic heterocycles. The summed E-state index contributed by atoms with van der Waals surface area (Å²) < 4.78 is 0. The number of rotatable bonds is 3. The molecule has 0 saturated carbocycles. The van der Waals surface area contributed by atoms with Crippen molar-refractivity contribution < 1.29 is 4.79 Å². The lowest BCUT2D eigenvalue weighted by atomic mass is 9.95. The van der Waals surface area contributed by atoms with Crippen LogP contribution < -0.4 is 5.73 Å². The highest BCUT2D eigenvalue weighted by Crippen LogP contribution is 2.24. The van der Waals surface area contributed by atoms with E-state index in [4.69, 9.17) is 5.73 Å². The fraction of sp³-hybridized carbons (Fsp3) is 0.812. The van der Waals surface area contributed by atoms with E-state index in [1.165, 1.54) is 45.3 Å². The second kappa shape index (κ2) is 6.27. The van der Waals surface area contributed by atoms with Gasteiger partial charge in [-0.25, -0.2) is 0 Å². The van der Waals surface area contributed by atoms with Gasteiger partial charge in [-0.1, -0.05) is 12.2 Å². The average molecular weight is 277 g/mol. The first kappa shape index (κ1) is 14.1. The van der Waals surface area contributed by atoms with Crippen molar-refractivity contribution in [3.8, 4) is 0 Å². The third-order valence-corrected chi connectivity index (χ3v) is 5.08. The van der Waals surface area contributed by atoms with Crippen LogP contribution in [0.2, 0.25) is 0 Å². The molecule has 0 aromatic carbocycles. The van der Waals surface area contributed by atoms with Crippen molar-refractivity contribution in [1.82, 2.24) is 9.80 Å². The fourth-order valence-corrected chi connectivity index (χ4v) is 3.81. The first-order valence-electron chi connectivity index (χ1n) is 8.17. The van der Waals surface area contributed by atoms with E-state index >= 15 is 0 Å². The maximum Gasteiger partial charge on any atom is 0.229 e. The van der Waals surface area contributed by atoms with Crippen LogP contribution in [0.25, 0.3) is 0 Å². The minimum Gasteiger partial charge on any atom is -0.342 e. The van der Waals surface area contributed by atoms with Gasteiger partial charge in [0.1, 0.15) is 0 Å². The van der Waals surface area contributed by atoms with E-state index in [2.05, 4.69) is 9.80 Å². The van der Waals surface area contributed by atoms with Gasteiger partial charge in [-0.3, -0.25) is 4.79 Å². The van der Waals surface area contributed by atoms with Crippen molar-refractivity contribution in [3.63, 3.8) is 0 Å². The summed E-state index contributed by atoms with van der Waals surface area (Å²) in [6.45, 7) is 5.69. The Labute approximate surface area is 122 Å². The zero-order valence-corrected chi connectivity index (χ0v) is 12.3. The minimum atomic E-state index is 0.0418. The summed E-state index contributed by atoms with van der Waals surface area (Å²) in [5.41, 5.74) is 5.84. The van der Waals surface area contributed by atoms with Gasteiger partial charge in [0.05, 0.1) is 5.92 Å². The summed E-state index contributed by atoms with van der Waals surface area (Å²) in [6.07, 6.45) is 9.85. The number of hydrogen-bond acceptors (Lipinski definition) is 3. The molecule has 0 bridgehead atoms. The monoisotopic (exact) mass is 277 g/mol. The zero-order chi connectivity index (χ0) is 13.9. The highest BCUT2D eigenvalue weighted by atomic mass is 16.2. The predicted octanol–water partition coefficient (Wildman–Crippen LogP) is 1.22. The molecule has 0 spiro atoms. The zero-order valence-electron chi connectivity index (χ0n) is 12.3. The third kappa shape index (κ3) is 3.23.